The fourth-order valence-corrected chi connectivity index (χ4v) is 3.73. The average molecular weight is 329 g/mol. The summed E-state index contributed by atoms with van der Waals surface area (Å²) in [4.78, 5) is 14.3. The number of carbonyl (C=O) groups is 1. The molecule has 1 N–H and O–H groups in total. The van der Waals surface area contributed by atoms with E-state index >= 15 is 0 Å². The van der Waals surface area contributed by atoms with E-state index in [9.17, 15) is 9.90 Å². The lowest BCUT2D eigenvalue weighted by molar-refractivity contribution is -0.160. The van der Waals surface area contributed by atoms with Crippen LogP contribution in [0.3, 0.4) is 0 Å². The Hall–Kier alpha value is -1.81. The molecule has 1 atom stereocenters. The Morgan fingerprint density at radius 2 is 2.04 bits per heavy atom. The fraction of sp³-hybridized carbons (Fsp3) is 0.550. The van der Waals surface area contributed by atoms with Crippen LogP contribution in [0.1, 0.15) is 37.7 Å². The average Bonchev–Trinajstić information content (AvgIpc) is 2.59. The highest BCUT2D eigenvalue weighted by Crippen LogP contribution is 2.32. The molecule has 3 rings (SSSR count). The second-order valence-electron chi connectivity index (χ2n) is 7.12. The van der Waals surface area contributed by atoms with Crippen LogP contribution in [0.25, 0.3) is 0 Å². The number of allylic oxidation sites excluding steroid dienone is 2. The Labute approximate surface area is 144 Å². The van der Waals surface area contributed by atoms with Gasteiger partial charge in [-0.15, -0.1) is 0 Å². The molecule has 4 nitrogen and oxygen atoms in total. The summed E-state index contributed by atoms with van der Waals surface area (Å²) < 4.78 is 6.04. The number of para-hydroxylation sites is 1. The minimum absolute atomic E-state index is 0.541. The molecule has 2 aliphatic rings. The van der Waals surface area contributed by atoms with Crippen molar-refractivity contribution in [1.82, 2.24) is 4.90 Å². The van der Waals surface area contributed by atoms with Gasteiger partial charge in [0.25, 0.3) is 0 Å². The molecule has 1 aliphatic heterocycles. The van der Waals surface area contributed by atoms with Crippen LogP contribution in [0.5, 0.6) is 5.75 Å². The van der Waals surface area contributed by atoms with Crippen molar-refractivity contribution in [2.24, 2.45) is 5.92 Å². The van der Waals surface area contributed by atoms with Crippen LogP contribution in [-0.4, -0.2) is 41.2 Å². The number of aliphatic carboxylic acids is 1. The van der Waals surface area contributed by atoms with Crippen molar-refractivity contribution in [3.8, 4) is 5.75 Å². The van der Waals surface area contributed by atoms with Crippen LogP contribution < -0.4 is 4.74 Å². The smallest absolute Gasteiger partial charge is 0.348 e. The highest BCUT2D eigenvalue weighted by Gasteiger charge is 2.44. The van der Waals surface area contributed by atoms with Crippen LogP contribution in [0.2, 0.25) is 0 Å². The summed E-state index contributed by atoms with van der Waals surface area (Å²) in [7, 11) is 0. The Morgan fingerprint density at radius 3 is 2.67 bits per heavy atom. The molecule has 0 bridgehead atoms. The first-order valence-electron chi connectivity index (χ1n) is 8.94. The van der Waals surface area contributed by atoms with Gasteiger partial charge in [-0.05, 0) is 43.7 Å². The maximum absolute atomic E-state index is 11.9. The van der Waals surface area contributed by atoms with Gasteiger partial charge in [0.1, 0.15) is 5.75 Å². The molecule has 0 amide bonds. The number of likely N-dealkylation sites (tertiary alicyclic amines) is 1. The van der Waals surface area contributed by atoms with Crippen molar-refractivity contribution in [2.45, 2.75) is 44.6 Å². The zero-order valence-corrected chi connectivity index (χ0v) is 14.4. The lowest BCUT2D eigenvalue weighted by Gasteiger charge is -2.40. The number of carboxylic acid groups (broad SMARTS) is 1. The first-order valence-corrected chi connectivity index (χ1v) is 8.94. The van der Waals surface area contributed by atoms with Crippen molar-refractivity contribution < 1.29 is 14.6 Å². The molecule has 24 heavy (non-hydrogen) atoms. The minimum atomic E-state index is -1.09. The summed E-state index contributed by atoms with van der Waals surface area (Å²) in [5, 5.41) is 9.80. The lowest BCUT2D eigenvalue weighted by atomic mass is 9.88. The molecule has 1 aromatic rings. The normalized spacial score (nSPS) is 23.8. The maximum Gasteiger partial charge on any atom is 0.348 e. The van der Waals surface area contributed by atoms with Crippen LogP contribution in [-0.2, 0) is 4.79 Å². The van der Waals surface area contributed by atoms with E-state index in [2.05, 4.69) is 17.1 Å². The Morgan fingerprint density at radius 1 is 1.29 bits per heavy atom. The molecule has 0 aromatic heterocycles. The third-order valence-corrected chi connectivity index (χ3v) is 5.35. The van der Waals surface area contributed by atoms with Crippen molar-refractivity contribution in [2.75, 3.05) is 19.6 Å². The molecule has 0 saturated carbocycles. The van der Waals surface area contributed by atoms with E-state index in [0.29, 0.717) is 24.5 Å². The topological polar surface area (TPSA) is 49.8 Å². The molecule has 1 heterocycles. The Balaban J connectivity index is 1.63. The van der Waals surface area contributed by atoms with Crippen LogP contribution in [0.4, 0.5) is 0 Å². The second kappa shape index (κ2) is 7.39. The number of nitrogens with zero attached hydrogens (tertiary/aromatic N) is 1. The van der Waals surface area contributed by atoms with Gasteiger partial charge in [-0.2, -0.15) is 0 Å². The highest BCUT2D eigenvalue weighted by molar-refractivity contribution is 5.78. The number of benzene rings is 1. The van der Waals surface area contributed by atoms with Gasteiger partial charge in [-0.1, -0.05) is 30.4 Å². The summed E-state index contributed by atoms with van der Waals surface area (Å²) in [5.41, 5.74) is -0.107. The molecule has 1 saturated heterocycles. The molecule has 4 heteroatoms. The number of hydrogen-bond donors (Lipinski definition) is 1. The lowest BCUT2D eigenvalue weighted by Crippen LogP contribution is -2.54. The molecular formula is C20H27NO3. The standard InChI is InChI=1S/C20H27NO3/c1-16-7-5-6-10-18(16)24-20(19(22)23)11-13-21(14-12-20)15-17-8-3-2-4-9-17/h2-3,5-7,10,17H,4,8-9,11-15H2,1H3,(H,22,23)/t17-/m0/s1. The van der Waals surface area contributed by atoms with Gasteiger partial charge in [0, 0.05) is 32.5 Å². The molecule has 1 aliphatic carbocycles. The number of hydrogen-bond acceptors (Lipinski definition) is 3. The summed E-state index contributed by atoms with van der Waals surface area (Å²) in [5.74, 6) is 0.557. The van der Waals surface area contributed by atoms with E-state index in [1.807, 2.05) is 31.2 Å². The van der Waals surface area contributed by atoms with E-state index in [0.717, 1.165) is 31.6 Å². The first kappa shape index (κ1) is 17.0. The zero-order chi connectivity index (χ0) is 17.0. The van der Waals surface area contributed by atoms with Crippen LogP contribution in [0.15, 0.2) is 36.4 Å². The van der Waals surface area contributed by atoms with Crippen LogP contribution >= 0.6 is 0 Å². The second-order valence-corrected chi connectivity index (χ2v) is 7.12. The molecule has 1 aromatic carbocycles. The first-order chi connectivity index (χ1) is 11.6. The van der Waals surface area contributed by atoms with E-state index in [-0.39, 0.29) is 0 Å². The Kier molecular flexibility index (Phi) is 5.24. The van der Waals surface area contributed by atoms with Crippen LogP contribution in [0, 0.1) is 12.8 Å². The van der Waals surface area contributed by atoms with E-state index < -0.39 is 11.6 Å². The van der Waals surface area contributed by atoms with Gasteiger partial charge < -0.3 is 14.7 Å². The summed E-state index contributed by atoms with van der Waals surface area (Å²) in [6.45, 7) is 4.61. The predicted molar refractivity (Wildman–Crippen MR) is 94.3 cm³/mol. The van der Waals surface area contributed by atoms with Crippen molar-refractivity contribution in [1.29, 1.82) is 0 Å². The van der Waals surface area contributed by atoms with Gasteiger partial charge in [0.15, 0.2) is 0 Å². The van der Waals surface area contributed by atoms with Gasteiger partial charge in [0.2, 0.25) is 5.60 Å². The number of piperidine rings is 1. The zero-order valence-electron chi connectivity index (χ0n) is 14.4. The summed E-state index contributed by atoms with van der Waals surface area (Å²) in [6.07, 6.45) is 9.20. The molecule has 0 spiro atoms. The van der Waals surface area contributed by atoms with Crippen molar-refractivity contribution in [3.63, 3.8) is 0 Å². The van der Waals surface area contributed by atoms with E-state index in [4.69, 9.17) is 4.74 Å². The summed E-state index contributed by atoms with van der Waals surface area (Å²) >= 11 is 0. The number of carboxylic acids is 1. The molecular weight excluding hydrogens is 302 g/mol. The quantitative estimate of drug-likeness (QED) is 0.838. The Bertz CT molecular complexity index is 603. The number of ether oxygens (including phenoxy) is 1. The molecule has 0 unspecified atom stereocenters. The van der Waals surface area contributed by atoms with Gasteiger partial charge in [-0.3, -0.25) is 0 Å². The van der Waals surface area contributed by atoms with Gasteiger partial charge >= 0.3 is 5.97 Å². The van der Waals surface area contributed by atoms with E-state index in [1.165, 1.54) is 12.8 Å². The van der Waals surface area contributed by atoms with Crippen molar-refractivity contribution >= 4 is 5.97 Å². The van der Waals surface area contributed by atoms with Gasteiger partial charge in [0.05, 0.1) is 0 Å². The SMILES string of the molecule is Cc1ccccc1OC1(C(=O)O)CCN(C[C@H]2CC=CCC2)CC1. The third kappa shape index (κ3) is 3.81. The predicted octanol–water partition coefficient (Wildman–Crippen LogP) is 3.65. The molecule has 130 valence electrons. The summed E-state index contributed by atoms with van der Waals surface area (Å²) in [6, 6.07) is 7.65. The number of rotatable bonds is 5. The third-order valence-electron chi connectivity index (χ3n) is 5.35. The minimum Gasteiger partial charge on any atom is -0.478 e. The number of aryl methyl sites for hydroxylation is 1. The van der Waals surface area contributed by atoms with E-state index in [1.54, 1.807) is 0 Å². The fourth-order valence-electron chi connectivity index (χ4n) is 3.73. The maximum atomic E-state index is 11.9. The molecule has 1 fully saturated rings. The molecule has 0 radical (unpaired) electrons. The highest BCUT2D eigenvalue weighted by atomic mass is 16.5. The van der Waals surface area contributed by atoms with Gasteiger partial charge in [-0.25, -0.2) is 4.79 Å². The van der Waals surface area contributed by atoms with Crippen molar-refractivity contribution in [3.05, 3.63) is 42.0 Å². The largest absolute Gasteiger partial charge is 0.478 e. The monoisotopic (exact) mass is 329 g/mol.